The third kappa shape index (κ3) is 3.99. The maximum atomic E-state index is 12.1. The lowest BCUT2D eigenvalue weighted by molar-refractivity contribution is -0.118. The molecule has 1 aromatic carbocycles. The Hall–Kier alpha value is -2.38. The Morgan fingerprint density at radius 1 is 1.26 bits per heavy atom. The van der Waals surface area contributed by atoms with Gasteiger partial charge in [0.15, 0.2) is 11.0 Å². The van der Waals surface area contributed by atoms with Gasteiger partial charge in [-0.15, -0.1) is 10.2 Å². The van der Waals surface area contributed by atoms with Crippen LogP contribution in [0.1, 0.15) is 18.4 Å². The van der Waals surface area contributed by atoms with Crippen LogP contribution in [0.15, 0.2) is 47.9 Å². The zero-order chi connectivity index (χ0) is 18.8. The van der Waals surface area contributed by atoms with Gasteiger partial charge in [-0.25, -0.2) is 0 Å². The summed E-state index contributed by atoms with van der Waals surface area (Å²) in [6.07, 6.45) is 5.57. The predicted molar refractivity (Wildman–Crippen MR) is 106 cm³/mol. The number of carbonyl (C=O) groups is 1. The standard InChI is InChI=1S/C19H18ClN5OS/c1-12-15(20)3-2-4-16(12)25-18(13-7-9-21-10-8-13)23-24-19(25)27-11-17(26)22-14-5-6-14/h2-4,7-10,14H,5-6,11H2,1H3,(H,22,26). The van der Waals surface area contributed by atoms with Gasteiger partial charge >= 0.3 is 0 Å². The van der Waals surface area contributed by atoms with E-state index in [9.17, 15) is 4.79 Å². The third-order valence-electron chi connectivity index (χ3n) is 4.33. The van der Waals surface area contributed by atoms with Crippen molar-refractivity contribution in [3.63, 3.8) is 0 Å². The minimum absolute atomic E-state index is 0.0188. The van der Waals surface area contributed by atoms with Crippen molar-refractivity contribution in [3.05, 3.63) is 53.3 Å². The van der Waals surface area contributed by atoms with Crippen molar-refractivity contribution >= 4 is 29.3 Å². The van der Waals surface area contributed by atoms with Gasteiger partial charge in [0.2, 0.25) is 5.91 Å². The highest BCUT2D eigenvalue weighted by Gasteiger charge is 2.24. The van der Waals surface area contributed by atoms with Crippen molar-refractivity contribution in [2.75, 3.05) is 5.75 Å². The molecule has 6 nitrogen and oxygen atoms in total. The van der Waals surface area contributed by atoms with Crippen LogP contribution in [-0.4, -0.2) is 37.5 Å². The van der Waals surface area contributed by atoms with E-state index in [1.165, 1.54) is 11.8 Å². The van der Waals surface area contributed by atoms with Crippen molar-refractivity contribution in [2.45, 2.75) is 31.0 Å². The normalized spacial score (nSPS) is 13.6. The van der Waals surface area contributed by atoms with Crippen molar-refractivity contribution in [1.82, 2.24) is 25.1 Å². The Morgan fingerprint density at radius 2 is 2.04 bits per heavy atom. The number of amides is 1. The van der Waals surface area contributed by atoms with Gasteiger partial charge in [-0.2, -0.15) is 0 Å². The lowest BCUT2D eigenvalue weighted by atomic mass is 10.2. The SMILES string of the molecule is Cc1c(Cl)cccc1-n1c(SCC(=O)NC2CC2)nnc1-c1ccncc1. The zero-order valence-corrected chi connectivity index (χ0v) is 16.3. The second-order valence-electron chi connectivity index (χ2n) is 6.39. The van der Waals surface area contributed by atoms with Gasteiger partial charge in [0, 0.05) is 29.0 Å². The van der Waals surface area contributed by atoms with E-state index in [1.807, 2.05) is 41.8 Å². The monoisotopic (exact) mass is 399 g/mol. The van der Waals surface area contributed by atoms with Crippen LogP contribution in [0.3, 0.4) is 0 Å². The molecule has 1 amide bonds. The maximum Gasteiger partial charge on any atom is 0.230 e. The molecule has 138 valence electrons. The second-order valence-corrected chi connectivity index (χ2v) is 7.74. The van der Waals surface area contributed by atoms with Gasteiger partial charge in [-0.05, 0) is 49.6 Å². The molecule has 8 heteroatoms. The Balaban J connectivity index is 1.71. The maximum absolute atomic E-state index is 12.1. The number of rotatable bonds is 6. The number of halogens is 1. The number of benzene rings is 1. The lowest BCUT2D eigenvalue weighted by Gasteiger charge is -2.13. The van der Waals surface area contributed by atoms with Crippen molar-refractivity contribution in [1.29, 1.82) is 0 Å². The summed E-state index contributed by atoms with van der Waals surface area (Å²) in [6.45, 7) is 1.96. The summed E-state index contributed by atoms with van der Waals surface area (Å²) in [5, 5.41) is 13.0. The number of hydrogen-bond acceptors (Lipinski definition) is 5. The van der Waals surface area contributed by atoms with Crippen LogP contribution in [0.4, 0.5) is 0 Å². The third-order valence-corrected chi connectivity index (χ3v) is 5.67. The van der Waals surface area contributed by atoms with Crippen LogP contribution >= 0.6 is 23.4 Å². The molecule has 2 heterocycles. The van der Waals surface area contributed by atoms with Crippen LogP contribution in [0.2, 0.25) is 5.02 Å². The van der Waals surface area contributed by atoms with Gasteiger partial charge in [0.25, 0.3) is 0 Å². The van der Waals surface area contributed by atoms with E-state index in [4.69, 9.17) is 11.6 Å². The van der Waals surface area contributed by atoms with E-state index >= 15 is 0 Å². The minimum atomic E-state index is 0.0188. The van der Waals surface area contributed by atoms with E-state index in [0.29, 0.717) is 27.8 Å². The number of nitrogens with one attached hydrogen (secondary N) is 1. The van der Waals surface area contributed by atoms with Crippen LogP contribution in [0, 0.1) is 6.92 Å². The average Bonchev–Trinajstić information content (AvgIpc) is 3.39. The van der Waals surface area contributed by atoms with Gasteiger partial charge in [0.05, 0.1) is 11.4 Å². The fourth-order valence-corrected chi connectivity index (χ4v) is 3.66. The molecule has 1 saturated carbocycles. The van der Waals surface area contributed by atoms with E-state index in [2.05, 4.69) is 20.5 Å². The van der Waals surface area contributed by atoms with Crippen LogP contribution in [-0.2, 0) is 4.79 Å². The van der Waals surface area contributed by atoms with E-state index in [0.717, 1.165) is 29.7 Å². The molecular formula is C19H18ClN5OS. The van der Waals surface area contributed by atoms with Crippen LogP contribution in [0.5, 0.6) is 0 Å². The topological polar surface area (TPSA) is 72.7 Å². The predicted octanol–water partition coefficient (Wildman–Crippen LogP) is 3.66. The largest absolute Gasteiger partial charge is 0.353 e. The molecule has 27 heavy (non-hydrogen) atoms. The number of aromatic nitrogens is 4. The molecule has 0 atom stereocenters. The second kappa shape index (κ2) is 7.70. The minimum Gasteiger partial charge on any atom is -0.353 e. The highest BCUT2D eigenvalue weighted by molar-refractivity contribution is 7.99. The molecule has 0 saturated heterocycles. The van der Waals surface area contributed by atoms with Crippen LogP contribution in [0.25, 0.3) is 17.1 Å². The molecule has 0 aliphatic heterocycles. The van der Waals surface area contributed by atoms with Gasteiger partial charge in [-0.1, -0.05) is 29.4 Å². The first-order chi connectivity index (χ1) is 13.1. The number of pyridine rings is 1. The summed E-state index contributed by atoms with van der Waals surface area (Å²) in [7, 11) is 0. The van der Waals surface area contributed by atoms with Crippen LogP contribution < -0.4 is 5.32 Å². The summed E-state index contributed by atoms with van der Waals surface area (Å²) in [4.78, 5) is 16.2. The number of hydrogen-bond donors (Lipinski definition) is 1. The van der Waals surface area contributed by atoms with Gasteiger partial charge in [-0.3, -0.25) is 14.3 Å². The van der Waals surface area contributed by atoms with E-state index in [1.54, 1.807) is 12.4 Å². The fourth-order valence-electron chi connectivity index (χ4n) is 2.73. The van der Waals surface area contributed by atoms with Crippen molar-refractivity contribution in [2.24, 2.45) is 0 Å². The molecule has 4 rings (SSSR count). The smallest absolute Gasteiger partial charge is 0.230 e. The molecule has 0 unspecified atom stereocenters. The highest BCUT2D eigenvalue weighted by atomic mass is 35.5. The highest BCUT2D eigenvalue weighted by Crippen LogP contribution is 2.31. The first-order valence-corrected chi connectivity index (χ1v) is 10.0. The van der Waals surface area contributed by atoms with Gasteiger partial charge in [0.1, 0.15) is 0 Å². The summed E-state index contributed by atoms with van der Waals surface area (Å²) in [5.74, 6) is 1.00. The van der Waals surface area contributed by atoms with Gasteiger partial charge < -0.3 is 5.32 Å². The van der Waals surface area contributed by atoms with Crippen molar-refractivity contribution < 1.29 is 4.79 Å². The number of nitrogens with zero attached hydrogens (tertiary/aromatic N) is 4. The Kier molecular flexibility index (Phi) is 5.13. The molecule has 1 aliphatic carbocycles. The molecule has 0 radical (unpaired) electrons. The summed E-state index contributed by atoms with van der Waals surface area (Å²) in [6, 6.07) is 9.84. The average molecular weight is 400 g/mol. The van der Waals surface area contributed by atoms with Crippen molar-refractivity contribution in [3.8, 4) is 17.1 Å². The lowest BCUT2D eigenvalue weighted by Crippen LogP contribution is -2.27. The molecule has 0 bridgehead atoms. The quantitative estimate of drug-likeness (QED) is 0.640. The number of carbonyl (C=O) groups excluding carboxylic acids is 1. The molecule has 2 aromatic heterocycles. The van der Waals surface area contributed by atoms with E-state index < -0.39 is 0 Å². The summed E-state index contributed by atoms with van der Waals surface area (Å²) in [5.41, 5.74) is 2.72. The molecule has 1 N–H and O–H groups in total. The molecule has 1 aliphatic rings. The first kappa shape index (κ1) is 18.0. The Morgan fingerprint density at radius 3 is 2.78 bits per heavy atom. The Bertz CT molecular complexity index is 971. The molecule has 1 fully saturated rings. The number of thioether (sulfide) groups is 1. The van der Waals surface area contributed by atoms with E-state index in [-0.39, 0.29) is 5.91 Å². The molecular weight excluding hydrogens is 382 g/mol. The molecule has 3 aromatic rings. The summed E-state index contributed by atoms with van der Waals surface area (Å²) >= 11 is 7.71. The fraction of sp³-hybridized carbons (Fsp3) is 0.263. The Labute approximate surface area is 166 Å². The summed E-state index contributed by atoms with van der Waals surface area (Å²) < 4.78 is 1.95. The molecule has 0 spiro atoms. The first-order valence-electron chi connectivity index (χ1n) is 8.67. The zero-order valence-electron chi connectivity index (χ0n) is 14.7.